The lowest BCUT2D eigenvalue weighted by Crippen LogP contribution is -2.44. The van der Waals surface area contributed by atoms with E-state index >= 15 is 0 Å². The number of rotatable bonds is 30. The van der Waals surface area contributed by atoms with Gasteiger partial charge < -0.3 is 0 Å². The molecule has 2 amide bonds. The van der Waals surface area contributed by atoms with Crippen LogP contribution in [0.15, 0.2) is 24.3 Å². The average Bonchev–Trinajstić information content (AvgIpc) is 3.00. The normalized spacial score (nSPS) is 11.6. The van der Waals surface area contributed by atoms with E-state index in [0.29, 0.717) is 12.8 Å². The highest BCUT2D eigenvalue weighted by Crippen LogP contribution is 2.13. The molecule has 0 aliphatic carbocycles. The van der Waals surface area contributed by atoms with Crippen LogP contribution in [0.25, 0.3) is 0 Å². The van der Waals surface area contributed by atoms with Crippen molar-refractivity contribution in [1.82, 2.24) is 10.0 Å². The summed E-state index contributed by atoms with van der Waals surface area (Å²) in [5.74, 6) is 0.0982. The van der Waals surface area contributed by atoms with Crippen LogP contribution in [0.3, 0.4) is 0 Å². The Bertz CT molecular complexity index is 601. The van der Waals surface area contributed by atoms with Gasteiger partial charge in [0.2, 0.25) is 11.8 Å². The third-order valence-corrected chi connectivity index (χ3v) is 8.48. The molecule has 0 N–H and O–H groups in total. The Labute approximate surface area is 263 Å². The molecular weight excluding hydrogens is 516 g/mol. The van der Waals surface area contributed by atoms with Crippen molar-refractivity contribution in [3.63, 3.8) is 0 Å². The third kappa shape index (κ3) is 27.3. The molecule has 4 heteroatoms. The number of amides is 2. The number of hydrazine groups is 1. The fraction of sp³-hybridized carbons (Fsp3) is 0.842. The Hall–Kier alpha value is -1.58. The van der Waals surface area contributed by atoms with E-state index in [1.165, 1.54) is 151 Å². The number of unbranched alkanes of at least 4 members (excludes halogenated alkanes) is 22. The van der Waals surface area contributed by atoms with Crippen molar-refractivity contribution in [2.24, 2.45) is 0 Å². The predicted octanol–water partition coefficient (Wildman–Crippen LogP) is 11.9. The lowest BCUT2D eigenvalue weighted by atomic mass is 10.1. The predicted molar refractivity (Wildman–Crippen MR) is 184 cm³/mol. The van der Waals surface area contributed by atoms with Crippen molar-refractivity contribution in [3.8, 4) is 0 Å². The van der Waals surface area contributed by atoms with Gasteiger partial charge in [0.1, 0.15) is 0 Å². The van der Waals surface area contributed by atoms with Crippen LogP contribution in [0, 0.1) is 0 Å². The smallest absolute Gasteiger partial charge is 0.240 e. The minimum absolute atomic E-state index is 0.0491. The van der Waals surface area contributed by atoms with Crippen LogP contribution in [0.4, 0.5) is 0 Å². The molecule has 0 aromatic carbocycles. The van der Waals surface area contributed by atoms with E-state index in [4.69, 9.17) is 0 Å². The lowest BCUT2D eigenvalue weighted by Gasteiger charge is -2.28. The Morgan fingerprint density at radius 1 is 0.381 bits per heavy atom. The van der Waals surface area contributed by atoms with E-state index in [1.54, 1.807) is 14.1 Å². The van der Waals surface area contributed by atoms with Gasteiger partial charge in [0.05, 0.1) is 0 Å². The average molecular weight is 589 g/mol. The summed E-state index contributed by atoms with van der Waals surface area (Å²) in [6.07, 6.45) is 43.1. The molecule has 0 spiro atoms. The zero-order valence-corrected chi connectivity index (χ0v) is 28.8. The van der Waals surface area contributed by atoms with Crippen LogP contribution in [0.1, 0.15) is 194 Å². The monoisotopic (exact) mass is 589 g/mol. The van der Waals surface area contributed by atoms with Crippen molar-refractivity contribution < 1.29 is 9.59 Å². The molecule has 0 saturated heterocycles. The van der Waals surface area contributed by atoms with Gasteiger partial charge in [-0.2, -0.15) is 0 Å². The van der Waals surface area contributed by atoms with E-state index in [-0.39, 0.29) is 11.8 Å². The van der Waals surface area contributed by atoms with Crippen molar-refractivity contribution >= 4 is 11.8 Å². The molecule has 0 aromatic heterocycles. The van der Waals surface area contributed by atoms with Gasteiger partial charge in [-0.15, -0.1) is 0 Å². The highest BCUT2D eigenvalue weighted by atomic mass is 16.2. The quantitative estimate of drug-likeness (QED) is 0.0475. The molecule has 4 nitrogen and oxygen atoms in total. The molecule has 0 aliphatic rings. The Balaban J connectivity index is 3.63. The summed E-state index contributed by atoms with van der Waals surface area (Å²) in [5, 5.41) is 3.04. The summed E-state index contributed by atoms with van der Waals surface area (Å²) >= 11 is 0. The van der Waals surface area contributed by atoms with E-state index in [1.807, 2.05) is 0 Å². The third-order valence-electron chi connectivity index (χ3n) is 8.48. The van der Waals surface area contributed by atoms with Gasteiger partial charge in [-0.3, -0.25) is 19.6 Å². The summed E-state index contributed by atoms with van der Waals surface area (Å²) in [4.78, 5) is 25.1. The van der Waals surface area contributed by atoms with E-state index in [0.717, 1.165) is 25.7 Å². The zero-order chi connectivity index (χ0) is 30.9. The van der Waals surface area contributed by atoms with Crippen LogP contribution in [-0.2, 0) is 9.59 Å². The highest BCUT2D eigenvalue weighted by molar-refractivity contribution is 5.81. The van der Waals surface area contributed by atoms with Crippen molar-refractivity contribution in [3.05, 3.63) is 24.3 Å². The first kappa shape index (κ1) is 40.4. The molecule has 0 rings (SSSR count). The molecule has 42 heavy (non-hydrogen) atoms. The Morgan fingerprint density at radius 3 is 0.905 bits per heavy atom. The molecule has 0 aliphatic heterocycles. The maximum Gasteiger partial charge on any atom is 0.240 e. The summed E-state index contributed by atoms with van der Waals surface area (Å²) < 4.78 is 0. The molecular formula is C38H72N2O2. The van der Waals surface area contributed by atoms with Crippen LogP contribution in [0.2, 0.25) is 0 Å². The van der Waals surface area contributed by atoms with Crippen molar-refractivity contribution in [2.75, 3.05) is 14.1 Å². The molecule has 0 atom stereocenters. The molecule has 0 heterocycles. The van der Waals surface area contributed by atoms with Gasteiger partial charge in [-0.25, -0.2) is 0 Å². The fourth-order valence-corrected chi connectivity index (χ4v) is 5.35. The van der Waals surface area contributed by atoms with Crippen molar-refractivity contribution in [1.29, 1.82) is 0 Å². The molecule has 0 fully saturated rings. The summed E-state index contributed by atoms with van der Waals surface area (Å²) in [6, 6.07) is 0. The number of hydrogen-bond donors (Lipinski definition) is 0. The first-order valence-corrected chi connectivity index (χ1v) is 18.4. The Kier molecular flexibility index (Phi) is 31.1. The number of nitrogens with zero attached hydrogens (tertiary/aromatic N) is 2. The van der Waals surface area contributed by atoms with E-state index in [9.17, 15) is 9.59 Å². The van der Waals surface area contributed by atoms with Crippen LogP contribution in [-0.4, -0.2) is 35.9 Å². The molecule has 0 unspecified atom stereocenters. The van der Waals surface area contributed by atoms with Gasteiger partial charge in [0.25, 0.3) is 0 Å². The molecule has 0 bridgehead atoms. The fourth-order valence-electron chi connectivity index (χ4n) is 5.35. The second-order valence-electron chi connectivity index (χ2n) is 12.5. The minimum Gasteiger partial charge on any atom is -0.273 e. The number of allylic oxidation sites excluding steroid dienone is 4. The SMILES string of the molecule is CCCCCCCC/C=C/CCCCCCCC(=O)N(C)N(C)C(=O)CCCCCCC/C=C/CCCCCCCC. The minimum atomic E-state index is 0.0491. The molecule has 0 aromatic rings. The van der Waals surface area contributed by atoms with Gasteiger partial charge >= 0.3 is 0 Å². The summed E-state index contributed by atoms with van der Waals surface area (Å²) in [7, 11) is 3.47. The number of carbonyl (C=O) groups is 2. The van der Waals surface area contributed by atoms with E-state index in [2.05, 4.69) is 38.2 Å². The molecule has 0 radical (unpaired) electrons. The summed E-state index contributed by atoms with van der Waals surface area (Å²) in [5.41, 5.74) is 0. The van der Waals surface area contributed by atoms with Gasteiger partial charge in [0.15, 0.2) is 0 Å². The first-order chi connectivity index (χ1) is 20.5. The topological polar surface area (TPSA) is 40.6 Å². The van der Waals surface area contributed by atoms with Gasteiger partial charge in [0, 0.05) is 26.9 Å². The second kappa shape index (κ2) is 32.3. The number of hydrogen-bond acceptors (Lipinski definition) is 2. The van der Waals surface area contributed by atoms with E-state index < -0.39 is 0 Å². The van der Waals surface area contributed by atoms with Crippen LogP contribution < -0.4 is 0 Å². The van der Waals surface area contributed by atoms with Gasteiger partial charge in [-0.1, -0.05) is 141 Å². The molecule has 246 valence electrons. The van der Waals surface area contributed by atoms with Crippen molar-refractivity contribution in [2.45, 2.75) is 194 Å². The first-order valence-electron chi connectivity index (χ1n) is 18.4. The maximum absolute atomic E-state index is 12.6. The van der Waals surface area contributed by atoms with Crippen LogP contribution in [0.5, 0.6) is 0 Å². The maximum atomic E-state index is 12.6. The molecule has 0 saturated carbocycles. The van der Waals surface area contributed by atoms with Gasteiger partial charge in [-0.05, 0) is 64.2 Å². The highest BCUT2D eigenvalue weighted by Gasteiger charge is 2.18. The standard InChI is InChI=1S/C38H72N2O2/c1-5-7-9-11-13-15-17-19-21-23-25-27-29-31-33-35-37(41)39(3)40(4)38(42)36-34-32-30-28-26-24-22-20-18-16-14-12-10-8-6-2/h19-22H,5-18,23-36H2,1-4H3/b21-19+,22-20+. The zero-order valence-electron chi connectivity index (χ0n) is 28.8. The summed E-state index contributed by atoms with van der Waals surface area (Å²) in [6.45, 7) is 4.54. The Morgan fingerprint density at radius 2 is 0.619 bits per heavy atom. The largest absolute Gasteiger partial charge is 0.273 e. The lowest BCUT2D eigenvalue weighted by molar-refractivity contribution is -0.158. The van der Waals surface area contributed by atoms with Crippen LogP contribution >= 0.6 is 0 Å². The number of carbonyl (C=O) groups excluding carboxylic acids is 2. The second-order valence-corrected chi connectivity index (χ2v) is 12.5.